The van der Waals surface area contributed by atoms with Crippen molar-refractivity contribution in [1.29, 1.82) is 0 Å². The predicted molar refractivity (Wildman–Crippen MR) is 130 cm³/mol. The molecule has 0 bridgehead atoms. The van der Waals surface area contributed by atoms with E-state index in [4.69, 9.17) is 10.7 Å². The molecule has 31 heavy (non-hydrogen) atoms. The number of fused-ring (bicyclic) bond motifs is 1. The summed E-state index contributed by atoms with van der Waals surface area (Å²) in [6, 6.07) is 14.7. The van der Waals surface area contributed by atoms with Crippen LogP contribution in [0.25, 0.3) is 22.2 Å². The van der Waals surface area contributed by atoms with E-state index in [0.29, 0.717) is 0 Å². The first-order chi connectivity index (χ1) is 14.9. The lowest BCUT2D eigenvalue weighted by Crippen LogP contribution is -2.49. The van der Waals surface area contributed by atoms with Gasteiger partial charge in [0.2, 0.25) is 0 Å². The molecule has 0 radical (unpaired) electrons. The molecule has 0 atom stereocenters. The first-order valence-corrected chi connectivity index (χ1v) is 11.2. The summed E-state index contributed by atoms with van der Waals surface area (Å²) >= 11 is 0. The Morgan fingerprint density at radius 1 is 1.00 bits per heavy atom. The molecule has 1 fully saturated rings. The zero-order valence-electron chi connectivity index (χ0n) is 18.9. The molecular weight excluding hydrogens is 384 g/mol. The summed E-state index contributed by atoms with van der Waals surface area (Å²) in [5, 5.41) is 4.60. The van der Waals surface area contributed by atoms with Gasteiger partial charge in [0.25, 0.3) is 0 Å². The topological polar surface area (TPSA) is 70.3 Å². The van der Waals surface area contributed by atoms with Crippen LogP contribution in [0.2, 0.25) is 0 Å². The van der Waals surface area contributed by atoms with Crippen molar-refractivity contribution in [3.05, 3.63) is 48.7 Å². The highest BCUT2D eigenvalue weighted by atomic mass is 15.2. The third-order valence-electron chi connectivity index (χ3n) is 6.20. The summed E-state index contributed by atoms with van der Waals surface area (Å²) in [4.78, 5) is 14.1. The second kappa shape index (κ2) is 9.20. The van der Waals surface area contributed by atoms with Gasteiger partial charge in [-0.2, -0.15) is 0 Å². The van der Waals surface area contributed by atoms with Gasteiger partial charge in [0.05, 0.1) is 16.9 Å². The smallest absolute Gasteiger partial charge is 0.137 e. The number of aromatic nitrogens is 2. The van der Waals surface area contributed by atoms with E-state index < -0.39 is 5.66 Å². The normalized spacial score (nSPS) is 15.9. The lowest BCUT2D eigenvalue weighted by molar-refractivity contribution is 0.332. The van der Waals surface area contributed by atoms with Gasteiger partial charge in [-0.1, -0.05) is 18.6 Å². The van der Waals surface area contributed by atoms with Crippen molar-refractivity contribution in [2.75, 3.05) is 44.4 Å². The van der Waals surface area contributed by atoms with E-state index in [1.165, 1.54) is 12.1 Å². The Bertz CT molecular complexity index is 1010. The Labute approximate surface area is 185 Å². The summed E-state index contributed by atoms with van der Waals surface area (Å²) < 4.78 is 0. The number of likely N-dealkylation sites (N-methyl/N-ethyl adjacent to an activating group) is 2. The largest absolute Gasteiger partial charge is 0.373 e. The van der Waals surface area contributed by atoms with Crippen LogP contribution < -0.4 is 16.0 Å². The molecule has 1 aromatic carbocycles. The van der Waals surface area contributed by atoms with Crippen LogP contribution in [0.5, 0.6) is 0 Å². The van der Waals surface area contributed by atoms with Crippen molar-refractivity contribution in [2.24, 2.45) is 5.73 Å². The second-order valence-electron chi connectivity index (χ2n) is 9.04. The minimum atomic E-state index is -0.397. The Balaban J connectivity index is 1.63. The number of hydrogen-bond acceptors (Lipinski definition) is 6. The van der Waals surface area contributed by atoms with E-state index in [2.05, 4.69) is 77.6 Å². The number of anilines is 2. The molecule has 0 unspecified atom stereocenters. The monoisotopic (exact) mass is 418 g/mol. The van der Waals surface area contributed by atoms with E-state index in [0.717, 1.165) is 66.8 Å². The van der Waals surface area contributed by atoms with Gasteiger partial charge in [0.1, 0.15) is 5.82 Å². The van der Waals surface area contributed by atoms with Crippen LogP contribution in [-0.4, -0.2) is 54.8 Å². The Morgan fingerprint density at radius 3 is 2.45 bits per heavy atom. The van der Waals surface area contributed by atoms with Crippen molar-refractivity contribution in [2.45, 2.75) is 37.8 Å². The summed E-state index contributed by atoms with van der Waals surface area (Å²) in [6.07, 6.45) is 7.33. The highest BCUT2D eigenvalue weighted by Crippen LogP contribution is 2.32. The lowest BCUT2D eigenvalue weighted by atomic mass is 9.89. The van der Waals surface area contributed by atoms with Gasteiger partial charge in [0, 0.05) is 43.0 Å². The molecular formula is C25H34N6. The number of pyridine rings is 2. The van der Waals surface area contributed by atoms with Crippen LogP contribution in [0.4, 0.5) is 11.5 Å². The summed E-state index contributed by atoms with van der Waals surface area (Å²) in [5.41, 5.74) is 10.4. The molecule has 3 N–H and O–H groups in total. The van der Waals surface area contributed by atoms with Gasteiger partial charge < -0.3 is 20.9 Å². The maximum absolute atomic E-state index is 6.69. The standard InChI is InChI=1S/C25H34N6/c1-30(2)16-17-31(3)20-11-9-19(10-12-20)22-18-23-21(8-7-15-27-23)24(28-22)29-25(26)13-5-4-6-14-25/h7-12,15,18H,4-6,13-14,16-17,26H2,1-3H3,(H,28,29). The molecule has 0 amide bonds. The SMILES string of the molecule is CN(C)CCN(C)c1ccc(-c2cc3ncccc3c(NC3(N)CCCCC3)n2)cc1. The van der Waals surface area contributed by atoms with Crippen molar-refractivity contribution in [1.82, 2.24) is 14.9 Å². The fourth-order valence-electron chi connectivity index (χ4n) is 4.23. The maximum atomic E-state index is 6.69. The first-order valence-electron chi connectivity index (χ1n) is 11.2. The number of nitrogens with two attached hydrogens (primary N) is 1. The number of nitrogens with zero attached hydrogens (tertiary/aromatic N) is 4. The summed E-state index contributed by atoms with van der Waals surface area (Å²) in [6.45, 7) is 2.00. The number of nitrogens with one attached hydrogen (secondary N) is 1. The van der Waals surface area contributed by atoms with Gasteiger partial charge >= 0.3 is 0 Å². The molecule has 4 rings (SSSR count). The molecule has 0 saturated heterocycles. The number of rotatable bonds is 7. The van der Waals surface area contributed by atoms with E-state index in [-0.39, 0.29) is 0 Å². The molecule has 6 heteroatoms. The quantitative estimate of drug-likeness (QED) is 0.557. The third kappa shape index (κ3) is 5.14. The lowest BCUT2D eigenvalue weighted by Gasteiger charge is -2.35. The highest BCUT2D eigenvalue weighted by Gasteiger charge is 2.28. The first kappa shape index (κ1) is 21.5. The van der Waals surface area contributed by atoms with Gasteiger partial charge in [-0.15, -0.1) is 0 Å². The van der Waals surface area contributed by atoms with Crippen LogP contribution in [0, 0.1) is 0 Å². The van der Waals surface area contributed by atoms with Crippen LogP contribution in [-0.2, 0) is 0 Å². The van der Waals surface area contributed by atoms with Crippen LogP contribution in [0.3, 0.4) is 0 Å². The van der Waals surface area contributed by atoms with E-state index in [1.54, 1.807) is 0 Å². The molecule has 1 aliphatic rings. The van der Waals surface area contributed by atoms with Crippen LogP contribution in [0.1, 0.15) is 32.1 Å². The number of benzene rings is 1. The van der Waals surface area contributed by atoms with Crippen molar-refractivity contribution in [3.8, 4) is 11.3 Å². The molecule has 6 nitrogen and oxygen atoms in total. The number of hydrogen-bond donors (Lipinski definition) is 2. The average molecular weight is 419 g/mol. The van der Waals surface area contributed by atoms with Crippen molar-refractivity contribution in [3.63, 3.8) is 0 Å². The molecule has 2 aromatic heterocycles. The fraction of sp³-hybridized carbons (Fsp3) is 0.440. The Hall–Kier alpha value is -2.70. The molecule has 0 aliphatic heterocycles. The molecule has 0 spiro atoms. The average Bonchev–Trinajstić information content (AvgIpc) is 2.77. The maximum Gasteiger partial charge on any atom is 0.137 e. The zero-order valence-corrected chi connectivity index (χ0v) is 18.9. The minimum Gasteiger partial charge on any atom is -0.373 e. The molecule has 1 saturated carbocycles. The van der Waals surface area contributed by atoms with Gasteiger partial charge in [-0.3, -0.25) is 4.98 Å². The molecule has 3 aromatic rings. The van der Waals surface area contributed by atoms with Gasteiger partial charge in [-0.25, -0.2) is 4.98 Å². The molecule has 2 heterocycles. The second-order valence-corrected chi connectivity index (χ2v) is 9.04. The third-order valence-corrected chi connectivity index (χ3v) is 6.20. The zero-order chi connectivity index (χ0) is 21.8. The summed E-state index contributed by atoms with van der Waals surface area (Å²) in [5.74, 6) is 0.831. The Kier molecular flexibility index (Phi) is 6.39. The Morgan fingerprint density at radius 2 is 1.74 bits per heavy atom. The van der Waals surface area contributed by atoms with Gasteiger partial charge in [0.15, 0.2) is 0 Å². The van der Waals surface area contributed by atoms with Crippen LogP contribution >= 0.6 is 0 Å². The minimum absolute atomic E-state index is 0.397. The van der Waals surface area contributed by atoms with E-state index in [1.807, 2.05) is 12.3 Å². The van der Waals surface area contributed by atoms with Crippen LogP contribution in [0.15, 0.2) is 48.7 Å². The van der Waals surface area contributed by atoms with Gasteiger partial charge in [-0.05, 0) is 70.1 Å². The van der Waals surface area contributed by atoms with E-state index >= 15 is 0 Å². The van der Waals surface area contributed by atoms with Crippen molar-refractivity contribution < 1.29 is 0 Å². The predicted octanol–water partition coefficient (Wildman–Crippen LogP) is 4.33. The molecule has 1 aliphatic carbocycles. The summed E-state index contributed by atoms with van der Waals surface area (Å²) in [7, 11) is 6.32. The molecule has 164 valence electrons. The van der Waals surface area contributed by atoms with Crippen molar-refractivity contribution >= 4 is 22.4 Å². The fourth-order valence-corrected chi connectivity index (χ4v) is 4.23. The van der Waals surface area contributed by atoms with E-state index in [9.17, 15) is 0 Å². The highest BCUT2D eigenvalue weighted by molar-refractivity contribution is 5.92.